The number of nitrogens with zero attached hydrogens (tertiary/aromatic N) is 1. The Labute approximate surface area is 107 Å². The van der Waals surface area contributed by atoms with Gasteiger partial charge in [0.2, 0.25) is 0 Å². The van der Waals surface area contributed by atoms with Gasteiger partial charge in [-0.25, -0.2) is 0 Å². The van der Waals surface area contributed by atoms with Crippen molar-refractivity contribution in [3.63, 3.8) is 0 Å². The quantitative estimate of drug-likeness (QED) is 0.799. The molecule has 0 radical (unpaired) electrons. The molecule has 1 aliphatic heterocycles. The summed E-state index contributed by atoms with van der Waals surface area (Å²) in [7, 11) is 0. The van der Waals surface area contributed by atoms with E-state index in [1.54, 1.807) is 13.8 Å². The molecule has 1 aromatic carbocycles. The maximum Gasteiger partial charge on any atom is 0.323 e. The summed E-state index contributed by atoms with van der Waals surface area (Å²) in [6.45, 7) is 3.48. The van der Waals surface area contributed by atoms with Crippen LogP contribution in [0.3, 0.4) is 0 Å². The third-order valence-corrected chi connectivity index (χ3v) is 3.38. The van der Waals surface area contributed by atoms with E-state index in [-0.39, 0.29) is 5.97 Å². The van der Waals surface area contributed by atoms with E-state index in [0.717, 1.165) is 5.56 Å². The summed E-state index contributed by atoms with van der Waals surface area (Å²) < 4.78 is 5.25. The van der Waals surface area contributed by atoms with Crippen molar-refractivity contribution in [2.75, 3.05) is 0 Å². The molecule has 0 bridgehead atoms. The first-order chi connectivity index (χ1) is 8.55. The van der Waals surface area contributed by atoms with Gasteiger partial charge in [-0.15, -0.1) is 0 Å². The van der Waals surface area contributed by atoms with Crippen LogP contribution in [0.4, 0.5) is 0 Å². The van der Waals surface area contributed by atoms with E-state index in [9.17, 15) is 10.1 Å². The standard InChI is InChI=1S/C14H16N2O2/c1-10-14(2,9-15)16-12(13(17)18-10)8-11-6-4-3-5-7-11/h3-7,10,12,16H,8H2,1-2H3/t10-,12+,14+/m1/s1. The lowest BCUT2D eigenvalue weighted by atomic mass is 9.92. The summed E-state index contributed by atoms with van der Waals surface area (Å²) in [5.41, 5.74) is 0.217. The normalized spacial score (nSPS) is 31.5. The lowest BCUT2D eigenvalue weighted by Gasteiger charge is -2.38. The van der Waals surface area contributed by atoms with Gasteiger partial charge in [-0.3, -0.25) is 10.1 Å². The summed E-state index contributed by atoms with van der Waals surface area (Å²) in [5.74, 6) is -0.293. The van der Waals surface area contributed by atoms with Gasteiger partial charge in [-0.2, -0.15) is 5.26 Å². The average Bonchev–Trinajstić information content (AvgIpc) is 2.37. The van der Waals surface area contributed by atoms with Crippen LogP contribution in [-0.4, -0.2) is 23.7 Å². The second kappa shape index (κ2) is 4.79. The zero-order chi connectivity index (χ0) is 13.2. The van der Waals surface area contributed by atoms with Crippen LogP contribution in [0.15, 0.2) is 30.3 Å². The summed E-state index contributed by atoms with van der Waals surface area (Å²) in [4.78, 5) is 11.8. The van der Waals surface area contributed by atoms with Crippen molar-refractivity contribution in [2.24, 2.45) is 0 Å². The predicted molar refractivity (Wildman–Crippen MR) is 66.6 cm³/mol. The molecule has 1 saturated heterocycles. The Morgan fingerprint density at radius 2 is 2.11 bits per heavy atom. The van der Waals surface area contributed by atoms with Crippen molar-refractivity contribution in [1.29, 1.82) is 5.26 Å². The fraction of sp³-hybridized carbons (Fsp3) is 0.429. The fourth-order valence-electron chi connectivity index (χ4n) is 2.02. The van der Waals surface area contributed by atoms with Crippen LogP contribution in [0.1, 0.15) is 19.4 Å². The van der Waals surface area contributed by atoms with Gasteiger partial charge in [0.15, 0.2) is 0 Å². The highest BCUT2D eigenvalue weighted by Crippen LogP contribution is 2.21. The number of rotatable bonds is 2. The van der Waals surface area contributed by atoms with Crippen molar-refractivity contribution in [3.8, 4) is 6.07 Å². The maximum absolute atomic E-state index is 11.8. The number of morpholine rings is 1. The maximum atomic E-state index is 11.8. The molecule has 94 valence electrons. The van der Waals surface area contributed by atoms with Gasteiger partial charge < -0.3 is 4.74 Å². The van der Waals surface area contributed by atoms with Crippen LogP contribution in [-0.2, 0) is 16.0 Å². The van der Waals surface area contributed by atoms with Crippen molar-refractivity contribution in [3.05, 3.63) is 35.9 Å². The Bertz CT molecular complexity index is 480. The number of cyclic esters (lactones) is 1. The van der Waals surface area contributed by atoms with E-state index >= 15 is 0 Å². The smallest absolute Gasteiger partial charge is 0.323 e. The zero-order valence-electron chi connectivity index (χ0n) is 10.5. The molecule has 4 heteroatoms. The molecule has 0 aromatic heterocycles. The number of nitrogens with one attached hydrogen (secondary N) is 1. The Kier molecular flexibility index (Phi) is 3.35. The molecule has 3 atom stereocenters. The van der Waals surface area contributed by atoms with Crippen molar-refractivity contribution in [1.82, 2.24) is 5.32 Å². The molecule has 0 aliphatic carbocycles. The van der Waals surface area contributed by atoms with Crippen LogP contribution in [0, 0.1) is 11.3 Å². The zero-order valence-corrected chi connectivity index (χ0v) is 10.5. The highest BCUT2D eigenvalue weighted by molar-refractivity contribution is 5.77. The molecule has 1 fully saturated rings. The Morgan fingerprint density at radius 3 is 2.72 bits per heavy atom. The molecule has 1 aromatic rings. The summed E-state index contributed by atoms with van der Waals surface area (Å²) in [6, 6.07) is 11.4. The molecule has 0 spiro atoms. The lowest BCUT2D eigenvalue weighted by molar-refractivity contribution is -0.161. The molecule has 2 rings (SSSR count). The lowest BCUT2D eigenvalue weighted by Crippen LogP contribution is -2.63. The molecular weight excluding hydrogens is 228 g/mol. The minimum atomic E-state index is -0.826. The van der Waals surface area contributed by atoms with Crippen LogP contribution in [0.5, 0.6) is 0 Å². The summed E-state index contributed by atoms with van der Waals surface area (Å²) >= 11 is 0. The van der Waals surface area contributed by atoms with Crippen molar-refractivity contribution in [2.45, 2.75) is 38.0 Å². The first-order valence-corrected chi connectivity index (χ1v) is 5.98. The number of carbonyl (C=O) groups is 1. The van der Waals surface area contributed by atoms with Crippen molar-refractivity contribution >= 4 is 5.97 Å². The third-order valence-electron chi connectivity index (χ3n) is 3.38. The average molecular weight is 244 g/mol. The molecular formula is C14H16N2O2. The van der Waals surface area contributed by atoms with Gasteiger partial charge >= 0.3 is 5.97 Å². The Hall–Kier alpha value is -1.86. The largest absolute Gasteiger partial charge is 0.458 e. The number of hydrogen-bond donors (Lipinski definition) is 1. The van der Waals surface area contributed by atoms with Gasteiger partial charge in [-0.1, -0.05) is 30.3 Å². The molecule has 1 aliphatic rings. The number of nitriles is 1. The van der Waals surface area contributed by atoms with Crippen LogP contribution >= 0.6 is 0 Å². The number of benzene rings is 1. The van der Waals surface area contributed by atoms with E-state index in [1.165, 1.54) is 0 Å². The van der Waals surface area contributed by atoms with Gasteiger partial charge in [0.1, 0.15) is 17.7 Å². The summed E-state index contributed by atoms with van der Waals surface area (Å²) in [5, 5.41) is 12.3. The second-order valence-corrected chi connectivity index (χ2v) is 4.78. The molecule has 0 amide bonds. The third kappa shape index (κ3) is 2.36. The topological polar surface area (TPSA) is 62.1 Å². The Balaban J connectivity index is 2.14. The van der Waals surface area contributed by atoms with E-state index < -0.39 is 17.7 Å². The van der Waals surface area contributed by atoms with Gasteiger partial charge in [0.05, 0.1) is 6.07 Å². The Morgan fingerprint density at radius 1 is 1.44 bits per heavy atom. The minimum Gasteiger partial charge on any atom is -0.458 e. The van der Waals surface area contributed by atoms with Gasteiger partial charge in [0, 0.05) is 0 Å². The van der Waals surface area contributed by atoms with E-state index in [2.05, 4.69) is 11.4 Å². The number of esters is 1. The second-order valence-electron chi connectivity index (χ2n) is 4.78. The number of carbonyl (C=O) groups excluding carboxylic acids is 1. The predicted octanol–water partition coefficient (Wildman–Crippen LogP) is 1.41. The first kappa shape index (κ1) is 12.6. The highest BCUT2D eigenvalue weighted by atomic mass is 16.5. The molecule has 1 N–H and O–H groups in total. The highest BCUT2D eigenvalue weighted by Gasteiger charge is 2.43. The molecule has 4 nitrogen and oxygen atoms in total. The van der Waals surface area contributed by atoms with Gasteiger partial charge in [-0.05, 0) is 25.8 Å². The SMILES string of the molecule is C[C@H]1OC(=O)[C@H](Cc2ccccc2)N[C@@]1(C)C#N. The van der Waals surface area contributed by atoms with E-state index in [4.69, 9.17) is 4.74 Å². The van der Waals surface area contributed by atoms with E-state index in [1.807, 2.05) is 30.3 Å². The fourth-order valence-corrected chi connectivity index (χ4v) is 2.02. The van der Waals surface area contributed by atoms with E-state index in [0.29, 0.717) is 6.42 Å². The molecule has 1 heterocycles. The van der Waals surface area contributed by atoms with Gasteiger partial charge in [0.25, 0.3) is 0 Å². The molecule has 0 saturated carbocycles. The number of ether oxygens (including phenoxy) is 1. The minimum absolute atomic E-state index is 0.293. The number of hydrogen-bond acceptors (Lipinski definition) is 4. The molecule has 0 unspecified atom stereocenters. The van der Waals surface area contributed by atoms with Crippen LogP contribution < -0.4 is 5.32 Å². The molecule has 18 heavy (non-hydrogen) atoms. The van der Waals surface area contributed by atoms with Crippen LogP contribution in [0.25, 0.3) is 0 Å². The van der Waals surface area contributed by atoms with Crippen molar-refractivity contribution < 1.29 is 9.53 Å². The monoisotopic (exact) mass is 244 g/mol. The first-order valence-electron chi connectivity index (χ1n) is 5.98. The summed E-state index contributed by atoms with van der Waals surface area (Å²) in [6.07, 6.45) is 0.0888. The van der Waals surface area contributed by atoms with Crippen LogP contribution in [0.2, 0.25) is 0 Å².